The van der Waals surface area contributed by atoms with Crippen LogP contribution >= 0.6 is 0 Å². The number of hydrogen-bond donors (Lipinski definition) is 1. The molecule has 0 aromatic carbocycles. The maximum absolute atomic E-state index is 4.36. The van der Waals surface area contributed by atoms with Crippen LogP contribution in [0.3, 0.4) is 0 Å². The summed E-state index contributed by atoms with van der Waals surface area (Å²) in [6.45, 7) is 2.33. The fourth-order valence-electron chi connectivity index (χ4n) is 2.67. The molecule has 0 radical (unpaired) electrons. The minimum absolute atomic E-state index is 0.541. The number of aryl methyl sites for hydroxylation is 1. The molecule has 2 heterocycles. The molecule has 3 rings (SSSR count). The predicted molar refractivity (Wildman–Crippen MR) is 71.3 cm³/mol. The fraction of sp³-hybridized carbons (Fsp3) is 0.615. The third-order valence-corrected chi connectivity index (χ3v) is 3.89. The second-order valence-electron chi connectivity index (χ2n) is 5.33. The van der Waals surface area contributed by atoms with Gasteiger partial charge in [0.25, 0.3) is 0 Å². The van der Waals surface area contributed by atoms with Gasteiger partial charge in [0.1, 0.15) is 12.1 Å². The van der Waals surface area contributed by atoms with Crippen molar-refractivity contribution in [3.05, 3.63) is 12.5 Å². The lowest BCUT2D eigenvalue weighted by atomic mass is 9.87. The molecule has 0 spiro atoms. The normalized spacial score (nSPS) is 24.3. The van der Waals surface area contributed by atoms with Gasteiger partial charge in [0.15, 0.2) is 5.65 Å². The van der Waals surface area contributed by atoms with Crippen molar-refractivity contribution in [2.45, 2.75) is 38.6 Å². The Morgan fingerprint density at radius 2 is 2.00 bits per heavy atom. The Bertz CT molecular complexity index is 539. The zero-order chi connectivity index (χ0) is 12.5. The lowest BCUT2D eigenvalue weighted by Gasteiger charge is -2.27. The van der Waals surface area contributed by atoms with Gasteiger partial charge in [0.05, 0.1) is 11.6 Å². The lowest BCUT2D eigenvalue weighted by Crippen LogP contribution is -2.25. The van der Waals surface area contributed by atoms with E-state index in [4.69, 9.17) is 0 Å². The Balaban J connectivity index is 1.82. The summed E-state index contributed by atoms with van der Waals surface area (Å²) >= 11 is 0. The number of rotatable bonds is 2. The summed E-state index contributed by atoms with van der Waals surface area (Å²) in [6.07, 6.45) is 8.51. The molecule has 1 fully saturated rings. The van der Waals surface area contributed by atoms with Gasteiger partial charge in [-0.3, -0.25) is 4.68 Å². The molecule has 1 aliphatic rings. The Labute approximate surface area is 107 Å². The van der Waals surface area contributed by atoms with Crippen LogP contribution in [0.1, 0.15) is 32.6 Å². The van der Waals surface area contributed by atoms with Crippen LogP contribution < -0.4 is 5.32 Å². The average Bonchev–Trinajstić information content (AvgIpc) is 2.76. The Morgan fingerprint density at radius 3 is 2.78 bits per heavy atom. The average molecular weight is 245 g/mol. The Kier molecular flexibility index (Phi) is 2.89. The highest BCUT2D eigenvalue weighted by Crippen LogP contribution is 2.27. The number of fused-ring (bicyclic) bond motifs is 1. The molecule has 5 nitrogen and oxygen atoms in total. The van der Waals surface area contributed by atoms with E-state index in [-0.39, 0.29) is 0 Å². The number of nitrogens with zero attached hydrogens (tertiary/aromatic N) is 4. The van der Waals surface area contributed by atoms with Crippen molar-refractivity contribution < 1.29 is 0 Å². The van der Waals surface area contributed by atoms with Crippen LogP contribution in [-0.2, 0) is 7.05 Å². The van der Waals surface area contributed by atoms with Crippen LogP contribution in [0.25, 0.3) is 11.0 Å². The molecule has 2 aromatic heterocycles. The summed E-state index contributed by atoms with van der Waals surface area (Å²) < 4.78 is 1.78. The molecule has 0 atom stereocenters. The van der Waals surface area contributed by atoms with E-state index in [0.29, 0.717) is 6.04 Å². The molecule has 18 heavy (non-hydrogen) atoms. The van der Waals surface area contributed by atoms with Gasteiger partial charge in [-0.1, -0.05) is 6.92 Å². The minimum Gasteiger partial charge on any atom is -0.367 e. The van der Waals surface area contributed by atoms with E-state index in [9.17, 15) is 0 Å². The first-order valence-corrected chi connectivity index (χ1v) is 6.63. The van der Waals surface area contributed by atoms with Crippen molar-refractivity contribution in [2.24, 2.45) is 13.0 Å². The molecular formula is C13H19N5. The van der Waals surface area contributed by atoms with Gasteiger partial charge >= 0.3 is 0 Å². The van der Waals surface area contributed by atoms with E-state index >= 15 is 0 Å². The summed E-state index contributed by atoms with van der Waals surface area (Å²) in [5.74, 6) is 1.79. The van der Waals surface area contributed by atoms with E-state index in [0.717, 1.165) is 22.8 Å². The van der Waals surface area contributed by atoms with Crippen LogP contribution in [0, 0.1) is 5.92 Å². The van der Waals surface area contributed by atoms with E-state index in [1.807, 2.05) is 13.2 Å². The van der Waals surface area contributed by atoms with Crippen LogP contribution in [-0.4, -0.2) is 25.8 Å². The molecule has 1 aliphatic carbocycles. The van der Waals surface area contributed by atoms with E-state index in [2.05, 4.69) is 27.3 Å². The molecule has 5 heteroatoms. The quantitative estimate of drug-likeness (QED) is 0.882. The second kappa shape index (κ2) is 4.55. The summed E-state index contributed by atoms with van der Waals surface area (Å²) in [7, 11) is 1.90. The molecule has 0 amide bonds. The summed E-state index contributed by atoms with van der Waals surface area (Å²) in [4.78, 5) is 8.61. The summed E-state index contributed by atoms with van der Waals surface area (Å²) in [5, 5.41) is 8.80. The first kappa shape index (κ1) is 11.4. The monoisotopic (exact) mass is 245 g/mol. The van der Waals surface area contributed by atoms with Crippen molar-refractivity contribution in [3.8, 4) is 0 Å². The van der Waals surface area contributed by atoms with E-state index < -0.39 is 0 Å². The largest absolute Gasteiger partial charge is 0.367 e. The third kappa shape index (κ3) is 2.05. The number of hydrogen-bond acceptors (Lipinski definition) is 4. The van der Waals surface area contributed by atoms with Crippen LogP contribution in [0.4, 0.5) is 5.82 Å². The van der Waals surface area contributed by atoms with Crippen LogP contribution in [0.15, 0.2) is 12.5 Å². The van der Waals surface area contributed by atoms with Gasteiger partial charge in [-0.25, -0.2) is 9.97 Å². The van der Waals surface area contributed by atoms with E-state index in [1.54, 1.807) is 11.0 Å². The highest BCUT2D eigenvalue weighted by atomic mass is 15.3. The Morgan fingerprint density at radius 1 is 1.22 bits per heavy atom. The van der Waals surface area contributed by atoms with Crippen molar-refractivity contribution >= 4 is 16.9 Å². The number of nitrogens with one attached hydrogen (secondary N) is 1. The third-order valence-electron chi connectivity index (χ3n) is 3.89. The minimum atomic E-state index is 0.541. The maximum atomic E-state index is 4.36. The molecule has 96 valence electrons. The maximum Gasteiger partial charge on any atom is 0.163 e. The highest BCUT2D eigenvalue weighted by Gasteiger charge is 2.19. The van der Waals surface area contributed by atoms with Gasteiger partial charge in [0.2, 0.25) is 0 Å². The van der Waals surface area contributed by atoms with Crippen LogP contribution in [0.2, 0.25) is 0 Å². The zero-order valence-corrected chi connectivity index (χ0v) is 10.9. The lowest BCUT2D eigenvalue weighted by molar-refractivity contribution is 0.361. The molecule has 1 saturated carbocycles. The van der Waals surface area contributed by atoms with Gasteiger partial charge in [0, 0.05) is 13.1 Å². The predicted octanol–water partition coefficient (Wildman–Crippen LogP) is 2.35. The smallest absolute Gasteiger partial charge is 0.163 e. The van der Waals surface area contributed by atoms with Gasteiger partial charge in [-0.05, 0) is 31.6 Å². The molecule has 0 saturated heterocycles. The molecule has 0 bridgehead atoms. The molecule has 0 unspecified atom stereocenters. The topological polar surface area (TPSA) is 55.6 Å². The first-order chi connectivity index (χ1) is 8.74. The number of anilines is 1. The number of aromatic nitrogens is 4. The highest BCUT2D eigenvalue weighted by molar-refractivity contribution is 5.86. The van der Waals surface area contributed by atoms with Crippen molar-refractivity contribution in [1.29, 1.82) is 0 Å². The second-order valence-corrected chi connectivity index (χ2v) is 5.33. The summed E-state index contributed by atoms with van der Waals surface area (Å²) in [6, 6.07) is 0.541. The van der Waals surface area contributed by atoms with Gasteiger partial charge < -0.3 is 5.32 Å². The fourth-order valence-corrected chi connectivity index (χ4v) is 2.67. The van der Waals surface area contributed by atoms with Crippen molar-refractivity contribution in [3.63, 3.8) is 0 Å². The Hall–Kier alpha value is -1.65. The first-order valence-electron chi connectivity index (χ1n) is 6.63. The zero-order valence-electron chi connectivity index (χ0n) is 10.9. The van der Waals surface area contributed by atoms with Gasteiger partial charge in [-0.2, -0.15) is 5.10 Å². The SMILES string of the molecule is CC1CCC(Nc2ncnc3c2cnn3C)CC1. The standard InChI is InChI=1S/C13H19N5/c1-9-3-5-10(6-4-9)17-12-11-7-16-18(2)13(11)15-8-14-12/h7-10H,3-6H2,1-2H3,(H,14,15,17). The van der Waals surface area contributed by atoms with Crippen molar-refractivity contribution in [1.82, 2.24) is 19.7 Å². The summed E-state index contributed by atoms with van der Waals surface area (Å²) in [5.41, 5.74) is 0.886. The molecule has 1 N–H and O–H groups in total. The molecule has 0 aliphatic heterocycles. The van der Waals surface area contributed by atoms with Crippen molar-refractivity contribution in [2.75, 3.05) is 5.32 Å². The van der Waals surface area contributed by atoms with E-state index in [1.165, 1.54) is 25.7 Å². The molecular weight excluding hydrogens is 226 g/mol. The van der Waals surface area contributed by atoms with Gasteiger partial charge in [-0.15, -0.1) is 0 Å². The van der Waals surface area contributed by atoms with Crippen LogP contribution in [0.5, 0.6) is 0 Å². The molecule has 2 aromatic rings.